The Balaban J connectivity index is 1.95. The van der Waals surface area contributed by atoms with Crippen LogP contribution < -0.4 is 8.02 Å². The molecular weight excluding hydrogens is 622 g/mol. The van der Waals surface area contributed by atoms with Crippen LogP contribution in [0.25, 0.3) is 0 Å². The number of sulfonamides is 3. The van der Waals surface area contributed by atoms with Crippen LogP contribution in [0.15, 0.2) is 76.5 Å². The minimum absolute atomic E-state index is 0.00654. The van der Waals surface area contributed by atoms with Crippen molar-refractivity contribution in [2.24, 2.45) is 0 Å². The first kappa shape index (κ1) is 30.6. The van der Waals surface area contributed by atoms with Crippen molar-refractivity contribution in [3.8, 4) is 0 Å². The van der Waals surface area contributed by atoms with Gasteiger partial charge in [-0.1, -0.05) is 6.07 Å². The monoisotopic (exact) mass is 642 g/mol. The van der Waals surface area contributed by atoms with Crippen LogP contribution in [0.1, 0.15) is 23.1 Å². The van der Waals surface area contributed by atoms with E-state index in [1.807, 2.05) is 0 Å². The van der Waals surface area contributed by atoms with Crippen LogP contribution in [-0.4, -0.2) is 38.1 Å². The molecule has 0 radical (unpaired) electrons. The van der Waals surface area contributed by atoms with Gasteiger partial charge in [0.2, 0.25) is 10.0 Å². The number of rotatable bonds is 6. The van der Waals surface area contributed by atoms with Crippen molar-refractivity contribution in [1.82, 2.24) is 0 Å². The minimum atomic E-state index is -5.25. The third kappa shape index (κ3) is 6.01. The lowest BCUT2D eigenvalue weighted by Gasteiger charge is -2.31. The SMILES string of the molecule is CS(=O)(=O)N1CCCc2ccc(N(S(=O)(=O)c3ccc(C(F)(F)F)cc3)S(=O)(=O)c3ccc(C(F)(F)F)cc3)cc21. The molecule has 0 saturated carbocycles. The van der Waals surface area contributed by atoms with Gasteiger partial charge in [0.1, 0.15) is 0 Å². The van der Waals surface area contributed by atoms with Gasteiger partial charge in [-0.15, -0.1) is 0 Å². The predicted molar refractivity (Wildman–Crippen MR) is 137 cm³/mol. The van der Waals surface area contributed by atoms with Crippen molar-refractivity contribution in [2.45, 2.75) is 35.0 Å². The molecule has 1 aliphatic heterocycles. The summed E-state index contributed by atoms with van der Waals surface area (Å²) in [4.78, 5) is -1.75. The number of hydrogen-bond acceptors (Lipinski definition) is 6. The fourth-order valence-electron chi connectivity index (χ4n) is 4.22. The molecule has 0 atom stereocenters. The summed E-state index contributed by atoms with van der Waals surface area (Å²) in [5, 5.41) is 0. The zero-order valence-electron chi connectivity index (χ0n) is 20.8. The first-order valence-corrected chi connectivity index (χ1v) is 16.2. The molecule has 0 aromatic heterocycles. The molecular formula is C24H20F6N2O6S3. The molecule has 3 aromatic carbocycles. The Morgan fingerprint density at radius 3 is 1.51 bits per heavy atom. The van der Waals surface area contributed by atoms with Gasteiger partial charge in [-0.25, -0.2) is 25.3 Å². The number of aryl methyl sites for hydroxylation is 1. The van der Waals surface area contributed by atoms with Crippen molar-refractivity contribution < 1.29 is 51.6 Å². The minimum Gasteiger partial charge on any atom is -0.270 e. The molecule has 0 unspecified atom stereocenters. The van der Waals surface area contributed by atoms with E-state index >= 15 is 0 Å². The van der Waals surface area contributed by atoms with E-state index in [1.54, 1.807) is 0 Å². The number of halogens is 6. The molecule has 0 N–H and O–H groups in total. The number of alkyl halides is 6. The van der Waals surface area contributed by atoms with Crippen molar-refractivity contribution in [2.75, 3.05) is 20.8 Å². The van der Waals surface area contributed by atoms with E-state index in [0.29, 0.717) is 66.9 Å². The molecule has 3 aromatic rings. The molecule has 0 aliphatic carbocycles. The smallest absolute Gasteiger partial charge is 0.270 e. The Labute approximate surface area is 232 Å². The lowest BCUT2D eigenvalue weighted by atomic mass is 10.0. The lowest BCUT2D eigenvalue weighted by Crippen LogP contribution is -2.38. The van der Waals surface area contributed by atoms with E-state index in [1.165, 1.54) is 6.07 Å². The lowest BCUT2D eigenvalue weighted by molar-refractivity contribution is -0.138. The van der Waals surface area contributed by atoms with Crippen molar-refractivity contribution in [1.29, 1.82) is 0 Å². The van der Waals surface area contributed by atoms with Gasteiger partial charge in [-0.3, -0.25) is 4.31 Å². The summed E-state index contributed by atoms with van der Waals surface area (Å²) >= 11 is 0. The molecule has 8 nitrogen and oxygen atoms in total. The van der Waals surface area contributed by atoms with Crippen molar-refractivity contribution in [3.63, 3.8) is 0 Å². The first-order valence-electron chi connectivity index (χ1n) is 11.5. The molecule has 17 heteroatoms. The van der Waals surface area contributed by atoms with Gasteiger partial charge in [0.05, 0.1) is 38.5 Å². The summed E-state index contributed by atoms with van der Waals surface area (Å²) in [7, 11) is -14.4. The normalized spacial score (nSPS) is 15.0. The van der Waals surface area contributed by atoms with Gasteiger partial charge >= 0.3 is 12.4 Å². The van der Waals surface area contributed by atoms with Crippen LogP contribution in [-0.2, 0) is 48.8 Å². The Bertz CT molecular complexity index is 1700. The molecule has 1 heterocycles. The quantitative estimate of drug-likeness (QED) is 0.350. The predicted octanol–water partition coefficient (Wildman–Crippen LogP) is 5.02. The summed E-state index contributed by atoms with van der Waals surface area (Å²) in [5.74, 6) is 0. The van der Waals surface area contributed by atoms with E-state index in [-0.39, 0.29) is 15.9 Å². The van der Waals surface area contributed by atoms with Crippen LogP contribution in [0.2, 0.25) is 0 Å². The maximum Gasteiger partial charge on any atom is 0.416 e. The fourth-order valence-corrected chi connectivity index (χ4v) is 8.88. The fraction of sp³-hybridized carbons (Fsp3) is 0.250. The maximum absolute atomic E-state index is 13.7. The molecule has 1 aliphatic rings. The van der Waals surface area contributed by atoms with Gasteiger partial charge in [-0.05, 0) is 79.1 Å². The van der Waals surface area contributed by atoms with Crippen LogP contribution in [0.5, 0.6) is 0 Å². The molecule has 0 spiro atoms. The molecule has 222 valence electrons. The number of anilines is 2. The topological polar surface area (TPSA) is 109 Å². The summed E-state index contributed by atoms with van der Waals surface area (Å²) in [6.45, 7) is 0.00654. The van der Waals surface area contributed by atoms with Gasteiger partial charge in [0, 0.05) is 6.54 Å². The Kier molecular flexibility index (Phi) is 7.62. The molecule has 41 heavy (non-hydrogen) atoms. The number of fused-ring (bicyclic) bond motifs is 1. The van der Waals surface area contributed by atoms with E-state index in [2.05, 4.69) is 0 Å². The van der Waals surface area contributed by atoms with Crippen LogP contribution in [0.4, 0.5) is 37.7 Å². The highest BCUT2D eigenvalue weighted by atomic mass is 32.3. The number of benzene rings is 3. The highest BCUT2D eigenvalue weighted by molar-refractivity contribution is 8.10. The Morgan fingerprint density at radius 1 is 0.683 bits per heavy atom. The van der Waals surface area contributed by atoms with E-state index in [0.717, 1.165) is 22.7 Å². The summed E-state index contributed by atoms with van der Waals surface area (Å²) < 4.78 is 159. The maximum atomic E-state index is 13.7. The summed E-state index contributed by atoms with van der Waals surface area (Å²) in [6, 6.07) is 7.20. The molecule has 0 fully saturated rings. The molecule has 0 amide bonds. The average molecular weight is 643 g/mol. The summed E-state index contributed by atoms with van der Waals surface area (Å²) in [5.41, 5.74) is -2.62. The number of hydrogen-bond donors (Lipinski definition) is 0. The molecule has 4 rings (SSSR count). The van der Waals surface area contributed by atoms with Crippen LogP contribution >= 0.6 is 0 Å². The van der Waals surface area contributed by atoms with E-state index in [9.17, 15) is 51.6 Å². The average Bonchev–Trinajstić information content (AvgIpc) is 2.86. The van der Waals surface area contributed by atoms with Crippen molar-refractivity contribution >= 4 is 41.4 Å². The van der Waals surface area contributed by atoms with Crippen molar-refractivity contribution in [3.05, 3.63) is 83.4 Å². The first-order chi connectivity index (χ1) is 18.7. The summed E-state index contributed by atoms with van der Waals surface area (Å²) in [6.07, 6.45) is -7.98. The molecule has 0 bridgehead atoms. The van der Waals surface area contributed by atoms with Gasteiger partial charge in [0.25, 0.3) is 20.0 Å². The highest BCUT2D eigenvalue weighted by Gasteiger charge is 2.40. The Hall–Kier alpha value is -3.31. The van der Waals surface area contributed by atoms with Gasteiger partial charge < -0.3 is 0 Å². The third-order valence-corrected chi connectivity index (χ3v) is 11.5. The number of nitrogens with zero attached hydrogens (tertiary/aromatic N) is 2. The largest absolute Gasteiger partial charge is 0.416 e. The van der Waals surface area contributed by atoms with Gasteiger partial charge in [-0.2, -0.15) is 30.1 Å². The zero-order chi connectivity index (χ0) is 30.6. The van der Waals surface area contributed by atoms with Gasteiger partial charge in [0.15, 0.2) is 0 Å². The van der Waals surface area contributed by atoms with E-state index < -0.39 is 69.0 Å². The highest BCUT2D eigenvalue weighted by Crippen LogP contribution is 2.39. The second-order valence-corrected chi connectivity index (χ2v) is 14.7. The molecule has 0 saturated heterocycles. The zero-order valence-corrected chi connectivity index (χ0v) is 23.3. The van der Waals surface area contributed by atoms with Crippen LogP contribution in [0, 0.1) is 0 Å². The third-order valence-electron chi connectivity index (χ3n) is 6.15. The second kappa shape index (κ2) is 10.2. The second-order valence-electron chi connectivity index (χ2n) is 9.00. The Morgan fingerprint density at radius 2 is 1.12 bits per heavy atom. The van der Waals surface area contributed by atoms with E-state index in [4.69, 9.17) is 0 Å². The van der Waals surface area contributed by atoms with Crippen LogP contribution in [0.3, 0.4) is 0 Å². The standard InChI is InChI=1S/C24H20F6N2O6S3/c1-39(33,34)31-14-2-3-16-4-9-19(15-22(16)31)32(40(35,36)20-10-5-17(6-11-20)23(25,26)27)41(37,38)21-12-7-18(8-13-21)24(28,29)30/h4-13,15H,2-3,14H2,1H3.